The summed E-state index contributed by atoms with van der Waals surface area (Å²) in [7, 11) is 0. The van der Waals surface area contributed by atoms with Gasteiger partial charge in [-0.05, 0) is 38.8 Å². The van der Waals surface area contributed by atoms with E-state index in [0.29, 0.717) is 6.04 Å². The summed E-state index contributed by atoms with van der Waals surface area (Å²) in [5.74, 6) is 0. The lowest BCUT2D eigenvalue weighted by Gasteiger charge is -2.36. The number of hydrogen-bond donors (Lipinski definition) is 2. The van der Waals surface area contributed by atoms with Gasteiger partial charge in [0.25, 0.3) is 0 Å². The highest BCUT2D eigenvalue weighted by molar-refractivity contribution is 4.84. The van der Waals surface area contributed by atoms with Crippen LogP contribution in [0, 0.1) is 0 Å². The van der Waals surface area contributed by atoms with E-state index in [1.165, 1.54) is 51.7 Å². The zero-order valence-electron chi connectivity index (χ0n) is 9.04. The van der Waals surface area contributed by atoms with Gasteiger partial charge in [0.15, 0.2) is 0 Å². The average Bonchev–Trinajstić information content (AvgIpc) is 2.71. The predicted molar refractivity (Wildman–Crippen MR) is 59.3 cm³/mol. The second-order valence-corrected chi connectivity index (χ2v) is 4.67. The van der Waals surface area contributed by atoms with Gasteiger partial charge in [-0.2, -0.15) is 0 Å². The highest BCUT2D eigenvalue weighted by Gasteiger charge is 2.24. The van der Waals surface area contributed by atoms with Crippen molar-refractivity contribution in [1.82, 2.24) is 10.2 Å². The van der Waals surface area contributed by atoms with Gasteiger partial charge in [0.05, 0.1) is 0 Å². The summed E-state index contributed by atoms with van der Waals surface area (Å²) in [6, 6.07) is 1.40. The topological polar surface area (TPSA) is 41.3 Å². The molecule has 0 bridgehead atoms. The summed E-state index contributed by atoms with van der Waals surface area (Å²) < 4.78 is 0. The molecule has 2 rings (SSSR count). The Morgan fingerprint density at radius 2 is 2.14 bits per heavy atom. The molecule has 2 aliphatic rings. The maximum absolute atomic E-state index is 5.81. The van der Waals surface area contributed by atoms with Crippen molar-refractivity contribution >= 4 is 0 Å². The Labute approximate surface area is 87.0 Å². The van der Waals surface area contributed by atoms with Crippen LogP contribution in [0.15, 0.2) is 0 Å². The van der Waals surface area contributed by atoms with E-state index < -0.39 is 0 Å². The van der Waals surface area contributed by atoms with Crippen LogP contribution in [-0.4, -0.2) is 43.2 Å². The minimum atomic E-state index is 0.658. The molecule has 14 heavy (non-hydrogen) atoms. The normalized spacial score (nSPS) is 34.9. The van der Waals surface area contributed by atoms with Crippen molar-refractivity contribution in [2.45, 2.75) is 44.2 Å². The van der Waals surface area contributed by atoms with Crippen molar-refractivity contribution in [3.8, 4) is 0 Å². The molecular formula is C11H23N3. The third-order valence-corrected chi connectivity index (χ3v) is 3.64. The Morgan fingerprint density at radius 1 is 1.21 bits per heavy atom. The summed E-state index contributed by atoms with van der Waals surface area (Å²) in [4.78, 5) is 2.60. The third-order valence-electron chi connectivity index (χ3n) is 3.64. The van der Waals surface area contributed by atoms with Crippen LogP contribution in [0.5, 0.6) is 0 Å². The second-order valence-electron chi connectivity index (χ2n) is 4.67. The zero-order chi connectivity index (χ0) is 9.80. The van der Waals surface area contributed by atoms with Crippen LogP contribution >= 0.6 is 0 Å². The molecule has 0 radical (unpaired) electrons. The van der Waals surface area contributed by atoms with Gasteiger partial charge < -0.3 is 11.1 Å². The highest BCUT2D eigenvalue weighted by atomic mass is 15.2. The molecular weight excluding hydrogens is 174 g/mol. The zero-order valence-corrected chi connectivity index (χ0v) is 9.04. The van der Waals surface area contributed by atoms with Crippen LogP contribution in [0.1, 0.15) is 32.1 Å². The van der Waals surface area contributed by atoms with Gasteiger partial charge in [0.2, 0.25) is 0 Å². The van der Waals surface area contributed by atoms with Crippen LogP contribution in [0.3, 0.4) is 0 Å². The number of nitrogens with one attached hydrogen (secondary N) is 1. The van der Waals surface area contributed by atoms with E-state index in [1.807, 2.05) is 0 Å². The molecule has 82 valence electrons. The first-order chi connectivity index (χ1) is 6.90. The predicted octanol–water partition coefficient (Wildman–Crippen LogP) is 0.552. The van der Waals surface area contributed by atoms with Crippen LogP contribution in [-0.2, 0) is 0 Å². The summed E-state index contributed by atoms with van der Waals surface area (Å²) in [5.41, 5.74) is 5.81. The van der Waals surface area contributed by atoms with Gasteiger partial charge in [0, 0.05) is 25.2 Å². The average molecular weight is 197 g/mol. The fourth-order valence-electron chi connectivity index (χ4n) is 2.76. The molecule has 0 aromatic carbocycles. The minimum Gasteiger partial charge on any atom is -0.329 e. The monoisotopic (exact) mass is 197 g/mol. The Morgan fingerprint density at radius 3 is 2.86 bits per heavy atom. The fraction of sp³-hybridized carbons (Fsp3) is 1.00. The SMILES string of the molecule is NCC1CCCCN1C[C@@H]1CCCN1. The van der Waals surface area contributed by atoms with Crippen molar-refractivity contribution in [3.63, 3.8) is 0 Å². The van der Waals surface area contributed by atoms with Gasteiger partial charge in [-0.3, -0.25) is 4.90 Å². The first kappa shape index (κ1) is 10.4. The number of rotatable bonds is 3. The molecule has 0 spiro atoms. The summed E-state index contributed by atoms with van der Waals surface area (Å²) in [5, 5.41) is 3.57. The molecule has 0 aromatic heterocycles. The fourth-order valence-corrected chi connectivity index (χ4v) is 2.76. The van der Waals surface area contributed by atoms with E-state index in [0.717, 1.165) is 12.6 Å². The van der Waals surface area contributed by atoms with E-state index in [2.05, 4.69) is 10.2 Å². The van der Waals surface area contributed by atoms with Crippen LogP contribution in [0.2, 0.25) is 0 Å². The lowest BCUT2D eigenvalue weighted by molar-refractivity contribution is 0.140. The quantitative estimate of drug-likeness (QED) is 0.694. The summed E-state index contributed by atoms with van der Waals surface area (Å²) in [6.07, 6.45) is 6.75. The van der Waals surface area contributed by atoms with Gasteiger partial charge in [-0.1, -0.05) is 6.42 Å². The number of hydrogen-bond acceptors (Lipinski definition) is 3. The molecule has 2 fully saturated rings. The van der Waals surface area contributed by atoms with Crippen molar-refractivity contribution in [3.05, 3.63) is 0 Å². The van der Waals surface area contributed by atoms with Crippen LogP contribution in [0.25, 0.3) is 0 Å². The molecule has 1 unspecified atom stereocenters. The lowest BCUT2D eigenvalue weighted by atomic mass is 10.0. The van der Waals surface area contributed by atoms with E-state index >= 15 is 0 Å². The van der Waals surface area contributed by atoms with E-state index in [9.17, 15) is 0 Å². The van der Waals surface area contributed by atoms with Crippen LogP contribution < -0.4 is 11.1 Å². The standard InChI is InChI=1S/C11H23N3/c12-8-11-5-1-2-7-14(11)9-10-4-3-6-13-10/h10-11,13H,1-9,12H2/t10-,11?/m0/s1. The summed E-state index contributed by atoms with van der Waals surface area (Å²) in [6.45, 7) is 4.54. The highest BCUT2D eigenvalue weighted by Crippen LogP contribution is 2.18. The maximum Gasteiger partial charge on any atom is 0.0219 e. The van der Waals surface area contributed by atoms with Crippen LogP contribution in [0.4, 0.5) is 0 Å². The van der Waals surface area contributed by atoms with Crippen molar-refractivity contribution in [1.29, 1.82) is 0 Å². The molecule has 3 heteroatoms. The Kier molecular flexibility index (Phi) is 3.79. The van der Waals surface area contributed by atoms with E-state index in [4.69, 9.17) is 5.73 Å². The van der Waals surface area contributed by atoms with Gasteiger partial charge in [-0.15, -0.1) is 0 Å². The molecule has 2 saturated heterocycles. The van der Waals surface area contributed by atoms with E-state index in [1.54, 1.807) is 0 Å². The molecule has 2 heterocycles. The lowest BCUT2D eigenvalue weighted by Crippen LogP contribution is -2.48. The molecule has 2 aliphatic heterocycles. The number of nitrogens with two attached hydrogens (primary N) is 1. The van der Waals surface area contributed by atoms with Crippen molar-refractivity contribution in [2.75, 3.05) is 26.2 Å². The molecule has 0 amide bonds. The van der Waals surface area contributed by atoms with E-state index in [-0.39, 0.29) is 0 Å². The Balaban J connectivity index is 1.81. The maximum atomic E-state index is 5.81. The van der Waals surface area contributed by atoms with Crippen molar-refractivity contribution < 1.29 is 0 Å². The Bertz CT molecular complexity index is 166. The van der Waals surface area contributed by atoms with Gasteiger partial charge in [-0.25, -0.2) is 0 Å². The largest absolute Gasteiger partial charge is 0.329 e. The van der Waals surface area contributed by atoms with Gasteiger partial charge in [0.1, 0.15) is 0 Å². The first-order valence-electron chi connectivity index (χ1n) is 6.07. The second kappa shape index (κ2) is 5.10. The molecule has 0 aromatic rings. The molecule has 2 atom stereocenters. The first-order valence-corrected chi connectivity index (χ1v) is 6.07. The van der Waals surface area contributed by atoms with Crippen molar-refractivity contribution in [2.24, 2.45) is 5.73 Å². The summed E-state index contributed by atoms with van der Waals surface area (Å²) >= 11 is 0. The smallest absolute Gasteiger partial charge is 0.0219 e. The molecule has 3 nitrogen and oxygen atoms in total. The minimum absolute atomic E-state index is 0.658. The number of nitrogens with zero attached hydrogens (tertiary/aromatic N) is 1. The molecule has 0 saturated carbocycles. The Hall–Kier alpha value is -0.120. The third kappa shape index (κ3) is 2.47. The van der Waals surface area contributed by atoms with Gasteiger partial charge >= 0.3 is 0 Å². The number of likely N-dealkylation sites (tertiary alicyclic amines) is 1. The molecule has 0 aliphatic carbocycles. The molecule has 3 N–H and O–H groups in total. The number of piperidine rings is 1.